The van der Waals surface area contributed by atoms with Gasteiger partial charge in [0.25, 0.3) is 0 Å². The summed E-state index contributed by atoms with van der Waals surface area (Å²) < 4.78 is 0. The van der Waals surface area contributed by atoms with Gasteiger partial charge in [-0.3, -0.25) is 0 Å². The highest BCUT2D eigenvalue weighted by Gasteiger charge is 2.29. The minimum absolute atomic E-state index is 0.209. The van der Waals surface area contributed by atoms with Crippen molar-refractivity contribution in [3.05, 3.63) is 36.5 Å². The molecule has 0 aromatic rings. The van der Waals surface area contributed by atoms with Gasteiger partial charge in [-0.1, -0.05) is 71.9 Å². The highest BCUT2D eigenvalue weighted by molar-refractivity contribution is 5.29. The maximum Gasteiger partial charge on any atom is -0.00986 e. The molecule has 0 bridgehead atoms. The fourth-order valence-corrected chi connectivity index (χ4v) is 2.24. The molecule has 0 heterocycles. The third-order valence-corrected chi connectivity index (χ3v) is 3.30. The number of hydrogen-bond acceptors (Lipinski definition) is 0. The van der Waals surface area contributed by atoms with E-state index in [4.69, 9.17) is 0 Å². The van der Waals surface area contributed by atoms with Gasteiger partial charge in [0.2, 0.25) is 0 Å². The summed E-state index contributed by atoms with van der Waals surface area (Å²) in [6.45, 7) is 17.5. The van der Waals surface area contributed by atoms with E-state index in [0.29, 0.717) is 5.41 Å². The van der Waals surface area contributed by atoms with Gasteiger partial charge in [-0.05, 0) is 29.7 Å². The molecule has 0 N–H and O–H groups in total. The Labute approximate surface area is 102 Å². The molecule has 0 rings (SSSR count). The fourth-order valence-electron chi connectivity index (χ4n) is 2.24. The summed E-state index contributed by atoms with van der Waals surface area (Å²) in [5.41, 5.74) is 1.97. The van der Waals surface area contributed by atoms with Gasteiger partial charge in [0, 0.05) is 0 Å². The molecule has 0 amide bonds. The minimum atomic E-state index is 0.209. The Morgan fingerprint density at radius 2 is 1.75 bits per heavy atom. The Kier molecular flexibility index (Phi) is 5.78. The van der Waals surface area contributed by atoms with E-state index in [1.54, 1.807) is 0 Å². The molecule has 16 heavy (non-hydrogen) atoms. The van der Waals surface area contributed by atoms with Crippen molar-refractivity contribution in [1.29, 1.82) is 0 Å². The smallest absolute Gasteiger partial charge is 0.00986 e. The Morgan fingerprint density at radius 3 is 2.12 bits per heavy atom. The average molecular weight is 220 g/mol. The Hall–Kier alpha value is -0.780. The van der Waals surface area contributed by atoms with Crippen molar-refractivity contribution < 1.29 is 0 Å². The summed E-state index contributed by atoms with van der Waals surface area (Å²) in [5.74, 6) is 0. The molecule has 0 spiro atoms. The summed E-state index contributed by atoms with van der Waals surface area (Å²) >= 11 is 0. The highest BCUT2D eigenvalue weighted by Crippen LogP contribution is 2.41. The van der Waals surface area contributed by atoms with Crippen molar-refractivity contribution in [3.8, 4) is 0 Å². The van der Waals surface area contributed by atoms with Crippen molar-refractivity contribution in [1.82, 2.24) is 0 Å². The molecular weight excluding hydrogens is 192 g/mol. The molecule has 0 aromatic carbocycles. The number of allylic oxidation sites excluding steroid dienone is 5. The van der Waals surface area contributed by atoms with Gasteiger partial charge in [-0.25, -0.2) is 0 Å². The van der Waals surface area contributed by atoms with Crippen molar-refractivity contribution in [2.75, 3.05) is 0 Å². The van der Waals surface area contributed by atoms with Crippen LogP contribution in [0, 0.1) is 10.8 Å². The molecule has 0 aliphatic heterocycles. The van der Waals surface area contributed by atoms with E-state index in [1.807, 2.05) is 6.08 Å². The van der Waals surface area contributed by atoms with Crippen LogP contribution in [-0.4, -0.2) is 0 Å². The van der Waals surface area contributed by atoms with E-state index in [-0.39, 0.29) is 5.41 Å². The summed E-state index contributed by atoms with van der Waals surface area (Å²) in [6.07, 6.45) is 10.7. The van der Waals surface area contributed by atoms with Crippen molar-refractivity contribution in [3.63, 3.8) is 0 Å². The molecule has 0 fully saturated rings. The van der Waals surface area contributed by atoms with Gasteiger partial charge in [0.05, 0.1) is 0 Å². The number of hydrogen-bond donors (Lipinski definition) is 0. The van der Waals surface area contributed by atoms with Crippen molar-refractivity contribution in [2.24, 2.45) is 10.8 Å². The van der Waals surface area contributed by atoms with Gasteiger partial charge in [-0.15, -0.1) is 0 Å². The molecule has 0 nitrogen and oxygen atoms in total. The summed E-state index contributed by atoms with van der Waals surface area (Å²) in [4.78, 5) is 0. The van der Waals surface area contributed by atoms with Crippen LogP contribution in [0.4, 0.5) is 0 Å². The molecule has 0 heteroatoms. The van der Waals surface area contributed by atoms with Gasteiger partial charge in [0.1, 0.15) is 0 Å². The van der Waals surface area contributed by atoms with Gasteiger partial charge in [0.15, 0.2) is 0 Å². The molecule has 0 aromatic heterocycles. The zero-order valence-corrected chi connectivity index (χ0v) is 11.9. The number of rotatable bonds is 6. The van der Waals surface area contributed by atoms with Gasteiger partial charge >= 0.3 is 0 Å². The molecule has 0 aliphatic rings. The molecule has 0 saturated heterocycles. The zero-order valence-electron chi connectivity index (χ0n) is 11.9. The normalized spacial score (nSPS) is 14.5. The van der Waals surface area contributed by atoms with Crippen molar-refractivity contribution in [2.45, 2.75) is 54.4 Å². The SMILES string of the molecule is C=CC=C(C=CC)C(C)(C)CC(C)(C)CC. The van der Waals surface area contributed by atoms with Crippen LogP contribution in [0.25, 0.3) is 0 Å². The second kappa shape index (κ2) is 6.08. The summed E-state index contributed by atoms with van der Waals surface area (Å²) in [6, 6.07) is 0. The van der Waals surface area contributed by atoms with Crippen LogP contribution >= 0.6 is 0 Å². The minimum Gasteiger partial charge on any atom is -0.0991 e. The van der Waals surface area contributed by atoms with E-state index < -0.39 is 0 Å². The first-order valence-electron chi connectivity index (χ1n) is 6.25. The van der Waals surface area contributed by atoms with E-state index >= 15 is 0 Å². The van der Waals surface area contributed by atoms with E-state index in [0.717, 1.165) is 0 Å². The Morgan fingerprint density at radius 1 is 1.19 bits per heavy atom. The van der Waals surface area contributed by atoms with Crippen LogP contribution in [0.1, 0.15) is 54.4 Å². The first-order chi connectivity index (χ1) is 7.29. The van der Waals surface area contributed by atoms with Crippen LogP contribution in [-0.2, 0) is 0 Å². The maximum absolute atomic E-state index is 3.80. The molecule has 92 valence electrons. The van der Waals surface area contributed by atoms with E-state index in [9.17, 15) is 0 Å². The van der Waals surface area contributed by atoms with Crippen molar-refractivity contribution >= 4 is 0 Å². The third kappa shape index (κ3) is 4.83. The molecular formula is C16H28. The fraction of sp³-hybridized carbons (Fsp3) is 0.625. The highest BCUT2D eigenvalue weighted by atomic mass is 14.3. The van der Waals surface area contributed by atoms with Crippen LogP contribution in [0.2, 0.25) is 0 Å². The Bertz CT molecular complexity index is 274. The lowest BCUT2D eigenvalue weighted by Gasteiger charge is -2.35. The predicted octanol–water partition coefficient (Wildman–Crippen LogP) is 5.53. The lowest BCUT2D eigenvalue weighted by Crippen LogP contribution is -2.24. The third-order valence-electron chi connectivity index (χ3n) is 3.30. The summed E-state index contributed by atoms with van der Waals surface area (Å²) in [5, 5.41) is 0. The Balaban J connectivity index is 5.00. The van der Waals surface area contributed by atoms with Gasteiger partial charge < -0.3 is 0 Å². The largest absolute Gasteiger partial charge is 0.0991 e. The molecule has 0 aliphatic carbocycles. The second-order valence-corrected chi connectivity index (χ2v) is 5.94. The topological polar surface area (TPSA) is 0 Å². The average Bonchev–Trinajstić information content (AvgIpc) is 2.16. The maximum atomic E-state index is 3.80. The monoisotopic (exact) mass is 220 g/mol. The predicted molar refractivity (Wildman–Crippen MR) is 75.6 cm³/mol. The molecule has 0 radical (unpaired) electrons. The standard InChI is InChI=1S/C16H28/c1-8-11-14(12-9-2)16(6,7)13-15(4,5)10-3/h8-9,11-12H,1,10,13H2,2-7H3. The lowest BCUT2D eigenvalue weighted by molar-refractivity contribution is 0.223. The zero-order chi connectivity index (χ0) is 12.8. The van der Waals surface area contributed by atoms with Crippen LogP contribution in [0.3, 0.4) is 0 Å². The van der Waals surface area contributed by atoms with Crippen LogP contribution in [0.15, 0.2) is 36.5 Å². The first-order valence-corrected chi connectivity index (χ1v) is 6.25. The second-order valence-electron chi connectivity index (χ2n) is 5.94. The van der Waals surface area contributed by atoms with Gasteiger partial charge in [-0.2, -0.15) is 0 Å². The molecule has 0 unspecified atom stereocenters. The van der Waals surface area contributed by atoms with Crippen LogP contribution in [0.5, 0.6) is 0 Å². The molecule has 0 atom stereocenters. The quantitative estimate of drug-likeness (QED) is 0.516. The molecule has 0 saturated carbocycles. The first kappa shape index (κ1) is 15.2. The summed E-state index contributed by atoms with van der Waals surface area (Å²) in [7, 11) is 0. The van der Waals surface area contributed by atoms with Crippen LogP contribution < -0.4 is 0 Å². The van der Waals surface area contributed by atoms with E-state index in [2.05, 4.69) is 66.3 Å². The van der Waals surface area contributed by atoms with E-state index in [1.165, 1.54) is 18.4 Å². The lowest BCUT2D eigenvalue weighted by atomic mass is 9.70.